The summed E-state index contributed by atoms with van der Waals surface area (Å²) >= 11 is 0. The van der Waals surface area contributed by atoms with Crippen molar-refractivity contribution in [2.24, 2.45) is 10.7 Å². The highest BCUT2D eigenvalue weighted by atomic mass is 32.2. The second kappa shape index (κ2) is 9.23. The highest BCUT2D eigenvalue weighted by Crippen LogP contribution is 2.27. The van der Waals surface area contributed by atoms with Crippen LogP contribution in [0.4, 0.5) is 5.69 Å². The maximum atomic E-state index is 13.3. The van der Waals surface area contributed by atoms with Crippen molar-refractivity contribution in [3.05, 3.63) is 81.8 Å². The lowest BCUT2D eigenvalue weighted by Gasteiger charge is -2.27. The van der Waals surface area contributed by atoms with Gasteiger partial charge in [-0.2, -0.15) is 0 Å². The quantitative estimate of drug-likeness (QED) is 0.517. The number of dihydropyridines is 1. The Kier molecular flexibility index (Phi) is 6.64. The largest absolute Gasteiger partial charge is 0.382 e. The van der Waals surface area contributed by atoms with Crippen LogP contribution < -0.4 is 21.3 Å². The number of aliphatic imine (C=N–C) groups is 1. The number of pyridine rings is 1. The molecule has 1 aliphatic heterocycles. The summed E-state index contributed by atoms with van der Waals surface area (Å²) in [7, 11) is -3.83. The van der Waals surface area contributed by atoms with Gasteiger partial charge < -0.3 is 11.1 Å². The number of hydrogen-bond acceptors (Lipinski definition) is 6. The average Bonchev–Trinajstić information content (AvgIpc) is 2.74. The summed E-state index contributed by atoms with van der Waals surface area (Å²) < 4.78 is 29.0. The predicted octanol–water partition coefficient (Wildman–Crippen LogP) is 1.37. The Bertz CT molecular complexity index is 1280. The smallest absolute Gasteiger partial charge is 0.279 e. The number of anilines is 1. The van der Waals surface area contributed by atoms with Crippen LogP contribution in [0.1, 0.15) is 18.2 Å². The summed E-state index contributed by atoms with van der Waals surface area (Å²) in [4.78, 5) is 28.3. The van der Waals surface area contributed by atoms with Gasteiger partial charge in [0.05, 0.1) is 17.5 Å². The van der Waals surface area contributed by atoms with E-state index in [0.29, 0.717) is 34.5 Å². The normalized spacial score (nSPS) is 16.5. The zero-order valence-corrected chi connectivity index (χ0v) is 18.6. The monoisotopic (exact) mass is 455 g/mol. The van der Waals surface area contributed by atoms with Crippen molar-refractivity contribution < 1.29 is 13.2 Å². The minimum atomic E-state index is -3.83. The van der Waals surface area contributed by atoms with Crippen molar-refractivity contribution in [2.45, 2.75) is 25.6 Å². The zero-order valence-electron chi connectivity index (χ0n) is 17.8. The first-order valence-electron chi connectivity index (χ1n) is 9.82. The van der Waals surface area contributed by atoms with Gasteiger partial charge in [0.25, 0.3) is 5.56 Å². The third-order valence-corrected chi connectivity index (χ3v) is 6.38. The van der Waals surface area contributed by atoms with E-state index in [1.54, 1.807) is 50.2 Å². The van der Waals surface area contributed by atoms with Gasteiger partial charge >= 0.3 is 0 Å². The van der Waals surface area contributed by atoms with Crippen molar-refractivity contribution >= 4 is 33.7 Å². The number of carbonyl (C=O) groups is 1. The van der Waals surface area contributed by atoms with Crippen LogP contribution in [0.3, 0.4) is 0 Å². The molecule has 1 aromatic carbocycles. The molecule has 1 aliphatic rings. The number of nitrogens with zero attached hydrogens (tertiary/aromatic N) is 2. The Hall–Kier alpha value is -3.66. The Morgan fingerprint density at radius 1 is 1.19 bits per heavy atom. The molecule has 32 heavy (non-hydrogen) atoms. The van der Waals surface area contributed by atoms with E-state index in [2.05, 4.69) is 21.6 Å². The predicted molar refractivity (Wildman–Crippen MR) is 126 cm³/mol. The highest BCUT2D eigenvalue weighted by Gasteiger charge is 2.26. The Morgan fingerprint density at radius 3 is 2.53 bits per heavy atom. The Labute approximate surface area is 186 Å². The number of carbonyl (C=O) groups excluding carboxylic acids is 1. The third-order valence-electron chi connectivity index (χ3n) is 5.14. The van der Waals surface area contributed by atoms with Crippen LogP contribution in [0.25, 0.3) is 5.70 Å². The first-order valence-corrected chi connectivity index (χ1v) is 11.5. The average molecular weight is 456 g/mol. The molecule has 0 spiro atoms. The molecule has 1 atom stereocenters. The van der Waals surface area contributed by atoms with Crippen LogP contribution in [0, 0.1) is 6.92 Å². The number of amidine groups is 1. The number of aryl methyl sites for hydroxylation is 1. The lowest BCUT2D eigenvalue weighted by Crippen LogP contribution is -2.37. The van der Waals surface area contributed by atoms with E-state index >= 15 is 0 Å². The van der Waals surface area contributed by atoms with Gasteiger partial charge in [-0.15, -0.1) is 0 Å². The molecule has 0 aliphatic carbocycles. The van der Waals surface area contributed by atoms with Crippen molar-refractivity contribution in [1.82, 2.24) is 9.88 Å². The number of rotatable bonds is 8. The molecular weight excluding hydrogens is 430 g/mol. The summed E-state index contributed by atoms with van der Waals surface area (Å²) in [5.74, 6) is -0.170. The van der Waals surface area contributed by atoms with Gasteiger partial charge in [0.15, 0.2) is 0 Å². The molecule has 10 heteroatoms. The number of hydrogen-bond donors (Lipinski definition) is 3. The van der Waals surface area contributed by atoms with Gasteiger partial charge in [0.1, 0.15) is 11.5 Å². The van der Waals surface area contributed by atoms with E-state index in [9.17, 15) is 18.0 Å². The SMILES string of the molecule is C=C1C(C)=C(n2c(C)ccc(NS(=O)(=O)Cc3ccccc3)c2=O)C(N)=NC1CNC=O. The van der Waals surface area contributed by atoms with E-state index in [1.807, 2.05) is 0 Å². The highest BCUT2D eigenvalue weighted by molar-refractivity contribution is 7.91. The molecule has 0 radical (unpaired) electrons. The Morgan fingerprint density at radius 2 is 1.88 bits per heavy atom. The van der Waals surface area contributed by atoms with E-state index in [0.717, 1.165) is 0 Å². The topological polar surface area (TPSA) is 136 Å². The fraction of sp³-hybridized carbons (Fsp3) is 0.227. The summed E-state index contributed by atoms with van der Waals surface area (Å²) in [6.45, 7) is 7.71. The lowest BCUT2D eigenvalue weighted by atomic mass is 9.96. The van der Waals surface area contributed by atoms with E-state index in [-0.39, 0.29) is 23.8 Å². The van der Waals surface area contributed by atoms with Crippen LogP contribution >= 0.6 is 0 Å². The zero-order chi connectivity index (χ0) is 23.5. The first kappa shape index (κ1) is 23.0. The molecule has 1 amide bonds. The van der Waals surface area contributed by atoms with Crippen molar-refractivity contribution in [3.63, 3.8) is 0 Å². The lowest BCUT2D eigenvalue weighted by molar-refractivity contribution is -0.109. The minimum Gasteiger partial charge on any atom is -0.382 e. The summed E-state index contributed by atoms with van der Waals surface area (Å²) in [5, 5.41) is 2.55. The second-order valence-electron chi connectivity index (χ2n) is 7.43. The molecule has 0 fully saturated rings. The molecule has 0 saturated carbocycles. The van der Waals surface area contributed by atoms with Crippen LogP contribution in [0.2, 0.25) is 0 Å². The number of nitrogens with two attached hydrogens (primary N) is 1. The van der Waals surface area contributed by atoms with Crippen molar-refractivity contribution in [2.75, 3.05) is 11.3 Å². The van der Waals surface area contributed by atoms with Gasteiger partial charge in [-0.05, 0) is 42.7 Å². The number of benzene rings is 1. The van der Waals surface area contributed by atoms with Crippen molar-refractivity contribution in [3.8, 4) is 0 Å². The number of amides is 1. The summed E-state index contributed by atoms with van der Waals surface area (Å²) in [5.41, 5.74) is 8.21. The molecule has 0 saturated heterocycles. The van der Waals surface area contributed by atoms with Gasteiger partial charge in [-0.3, -0.25) is 23.9 Å². The maximum absolute atomic E-state index is 13.3. The van der Waals surface area contributed by atoms with E-state index in [1.165, 1.54) is 10.6 Å². The van der Waals surface area contributed by atoms with Gasteiger partial charge in [-0.25, -0.2) is 8.42 Å². The molecule has 0 bridgehead atoms. The van der Waals surface area contributed by atoms with Crippen LogP contribution in [0.5, 0.6) is 0 Å². The van der Waals surface area contributed by atoms with Crippen LogP contribution in [-0.2, 0) is 20.6 Å². The third kappa shape index (κ3) is 4.80. The molecule has 3 rings (SSSR count). The Balaban J connectivity index is 1.99. The number of aromatic nitrogens is 1. The standard InChI is InChI=1S/C22H25N5O4S/c1-14-9-10-18(26-32(30,31)12-17-7-5-4-6-8-17)22(29)27(14)20-16(3)15(2)19(11-24-13-28)25-21(20)23/h4-10,13,19,26H,2,11-12H2,1,3H3,(H2,23,25)(H,24,28). The van der Waals surface area contributed by atoms with Gasteiger partial charge in [0.2, 0.25) is 16.4 Å². The number of nitrogens with one attached hydrogen (secondary N) is 2. The molecule has 168 valence electrons. The second-order valence-corrected chi connectivity index (χ2v) is 9.15. The first-order chi connectivity index (χ1) is 15.1. The van der Waals surface area contributed by atoms with Gasteiger partial charge in [0, 0.05) is 12.2 Å². The molecule has 2 aromatic rings. The van der Waals surface area contributed by atoms with E-state index in [4.69, 9.17) is 5.73 Å². The molecule has 1 aromatic heterocycles. The molecule has 4 N–H and O–H groups in total. The fourth-order valence-electron chi connectivity index (χ4n) is 3.50. The van der Waals surface area contributed by atoms with E-state index < -0.39 is 21.6 Å². The fourth-order valence-corrected chi connectivity index (χ4v) is 4.69. The van der Waals surface area contributed by atoms with Crippen LogP contribution in [0.15, 0.2) is 70.0 Å². The summed E-state index contributed by atoms with van der Waals surface area (Å²) in [6.07, 6.45) is 0.563. The van der Waals surface area contributed by atoms with Crippen molar-refractivity contribution in [1.29, 1.82) is 0 Å². The van der Waals surface area contributed by atoms with Gasteiger partial charge in [-0.1, -0.05) is 36.9 Å². The minimum absolute atomic E-state index is 0.0992. The molecule has 9 nitrogen and oxygen atoms in total. The molecule has 2 heterocycles. The summed E-state index contributed by atoms with van der Waals surface area (Å²) in [6, 6.07) is 11.3. The maximum Gasteiger partial charge on any atom is 0.279 e. The van der Waals surface area contributed by atoms with Crippen LogP contribution in [-0.4, -0.2) is 37.8 Å². The number of sulfonamides is 1. The molecule has 1 unspecified atom stereocenters. The molecular formula is C22H25N5O4S.